The predicted octanol–water partition coefficient (Wildman–Crippen LogP) is 0.439. The lowest BCUT2D eigenvalue weighted by molar-refractivity contribution is -0.225. The molecule has 1 aromatic carbocycles. The topological polar surface area (TPSA) is 73.2 Å². The number of hydrogen-bond donors (Lipinski definition) is 3. The molecule has 1 aliphatic heterocycles. The molecule has 5 heteroatoms. The summed E-state index contributed by atoms with van der Waals surface area (Å²) >= 11 is 0. The van der Waals surface area contributed by atoms with Crippen molar-refractivity contribution in [3.8, 4) is 0 Å². The third-order valence-corrected chi connectivity index (χ3v) is 4.43. The van der Waals surface area contributed by atoms with Crippen LogP contribution in [0.15, 0.2) is 30.3 Å². The van der Waals surface area contributed by atoms with Crippen molar-refractivity contribution in [1.29, 1.82) is 0 Å². The molecule has 0 spiro atoms. The van der Waals surface area contributed by atoms with Gasteiger partial charge in [-0.1, -0.05) is 30.3 Å². The molecule has 20 heavy (non-hydrogen) atoms. The second-order valence-corrected chi connectivity index (χ2v) is 5.84. The van der Waals surface area contributed by atoms with Gasteiger partial charge in [0, 0.05) is 6.54 Å². The smallest absolute Gasteiger partial charge is 0.115 e. The van der Waals surface area contributed by atoms with Crippen molar-refractivity contribution in [3.63, 3.8) is 0 Å². The third kappa shape index (κ3) is 2.47. The van der Waals surface area contributed by atoms with E-state index in [2.05, 4.69) is 0 Å². The highest BCUT2D eigenvalue weighted by molar-refractivity contribution is 5.15. The molecule has 110 valence electrons. The Hall–Kier alpha value is -0.980. The molecular formula is C15H21NO4. The minimum Gasteiger partial charge on any atom is -0.393 e. The van der Waals surface area contributed by atoms with Crippen molar-refractivity contribution >= 4 is 0 Å². The van der Waals surface area contributed by atoms with Crippen LogP contribution in [0.2, 0.25) is 0 Å². The summed E-state index contributed by atoms with van der Waals surface area (Å²) in [6.07, 6.45) is 0.722. The maximum Gasteiger partial charge on any atom is 0.115 e. The molecule has 3 N–H and O–H groups in total. The number of aliphatic hydroxyl groups excluding tert-OH is 2. The van der Waals surface area contributed by atoms with E-state index in [0.717, 1.165) is 5.56 Å². The SMILES string of the molecule is OC[C@]1(O)CC[C@H]2C[C@@H]([C@H]1O)N(Cc1ccccc1)O2. The van der Waals surface area contributed by atoms with Crippen LogP contribution in [0, 0.1) is 0 Å². The summed E-state index contributed by atoms with van der Waals surface area (Å²) in [4.78, 5) is 5.86. The Morgan fingerprint density at radius 3 is 2.75 bits per heavy atom. The molecule has 3 rings (SSSR count). The summed E-state index contributed by atoms with van der Waals surface area (Å²) in [5, 5.41) is 31.9. The molecule has 2 fully saturated rings. The van der Waals surface area contributed by atoms with Gasteiger partial charge in [-0.05, 0) is 24.8 Å². The Morgan fingerprint density at radius 2 is 2.05 bits per heavy atom. The molecule has 5 nitrogen and oxygen atoms in total. The van der Waals surface area contributed by atoms with Crippen LogP contribution in [0.5, 0.6) is 0 Å². The van der Waals surface area contributed by atoms with Crippen LogP contribution in [0.4, 0.5) is 0 Å². The van der Waals surface area contributed by atoms with Crippen LogP contribution >= 0.6 is 0 Å². The van der Waals surface area contributed by atoms with Crippen LogP contribution in [-0.4, -0.2) is 50.8 Å². The minimum absolute atomic E-state index is 0.0129. The van der Waals surface area contributed by atoms with Gasteiger partial charge >= 0.3 is 0 Å². The van der Waals surface area contributed by atoms with E-state index in [0.29, 0.717) is 25.8 Å². The molecule has 4 atom stereocenters. The van der Waals surface area contributed by atoms with Gasteiger partial charge in [-0.2, -0.15) is 5.06 Å². The van der Waals surface area contributed by atoms with E-state index in [1.54, 1.807) is 5.06 Å². The van der Waals surface area contributed by atoms with E-state index in [9.17, 15) is 15.3 Å². The lowest BCUT2D eigenvalue weighted by Crippen LogP contribution is -2.54. The standard InChI is InChI=1S/C15H21NO4/c17-10-15(19)7-6-12-8-13(14(15)18)16(20-12)9-11-4-2-1-3-5-11/h1-5,12-14,17-19H,6-10H2/t12-,13-,14+,15+/m0/s1. The lowest BCUT2D eigenvalue weighted by atomic mass is 9.90. The maximum absolute atomic E-state index is 10.4. The largest absolute Gasteiger partial charge is 0.393 e. The van der Waals surface area contributed by atoms with Crippen molar-refractivity contribution in [1.82, 2.24) is 5.06 Å². The quantitative estimate of drug-likeness (QED) is 0.749. The monoisotopic (exact) mass is 279 g/mol. The Kier molecular flexibility index (Phi) is 3.79. The number of hydrogen-bond acceptors (Lipinski definition) is 5. The van der Waals surface area contributed by atoms with Gasteiger partial charge in [0.1, 0.15) is 11.7 Å². The molecule has 2 aliphatic rings. The van der Waals surface area contributed by atoms with Crippen LogP contribution in [0.3, 0.4) is 0 Å². The average Bonchev–Trinajstić information content (AvgIpc) is 2.82. The first-order valence-corrected chi connectivity index (χ1v) is 7.11. The summed E-state index contributed by atoms with van der Waals surface area (Å²) in [5.41, 5.74) is -0.323. The number of fused-ring (bicyclic) bond motifs is 2. The van der Waals surface area contributed by atoms with Crippen molar-refractivity contribution in [2.75, 3.05) is 6.61 Å². The summed E-state index contributed by atoms with van der Waals surface area (Å²) in [7, 11) is 0. The Labute approximate surface area is 118 Å². The van der Waals surface area contributed by atoms with Gasteiger partial charge in [-0.25, -0.2) is 0 Å². The van der Waals surface area contributed by atoms with Crippen LogP contribution in [-0.2, 0) is 11.4 Å². The zero-order valence-corrected chi connectivity index (χ0v) is 11.4. The molecule has 0 aromatic heterocycles. The highest BCUT2D eigenvalue weighted by atomic mass is 16.7. The van der Waals surface area contributed by atoms with Crippen molar-refractivity contribution in [3.05, 3.63) is 35.9 Å². The molecule has 1 heterocycles. The van der Waals surface area contributed by atoms with Crippen molar-refractivity contribution < 1.29 is 20.2 Å². The number of benzene rings is 1. The first kappa shape index (κ1) is 14.0. The average molecular weight is 279 g/mol. The van der Waals surface area contributed by atoms with Gasteiger partial charge in [0.25, 0.3) is 0 Å². The molecule has 0 amide bonds. The summed E-state index contributed by atoms with van der Waals surface area (Å²) in [6, 6.07) is 9.61. The van der Waals surface area contributed by atoms with Gasteiger partial charge in [0.15, 0.2) is 0 Å². The summed E-state index contributed by atoms with van der Waals surface area (Å²) < 4.78 is 0. The first-order chi connectivity index (χ1) is 9.62. The fraction of sp³-hybridized carbons (Fsp3) is 0.600. The molecule has 1 saturated carbocycles. The molecule has 0 unspecified atom stereocenters. The lowest BCUT2D eigenvalue weighted by Gasteiger charge is -2.37. The molecule has 1 saturated heterocycles. The zero-order chi connectivity index (χ0) is 14.2. The fourth-order valence-corrected chi connectivity index (χ4v) is 3.16. The number of aliphatic hydroxyl groups is 3. The third-order valence-electron chi connectivity index (χ3n) is 4.43. The molecule has 1 aromatic rings. The summed E-state index contributed by atoms with van der Waals surface area (Å²) in [5.74, 6) is 0. The van der Waals surface area contributed by atoms with Gasteiger partial charge in [0.2, 0.25) is 0 Å². The van der Waals surface area contributed by atoms with Gasteiger partial charge < -0.3 is 15.3 Å². The van der Waals surface area contributed by atoms with Gasteiger partial charge in [-0.3, -0.25) is 4.84 Å². The predicted molar refractivity (Wildman–Crippen MR) is 72.5 cm³/mol. The Bertz CT molecular complexity index is 454. The number of rotatable bonds is 3. The highest BCUT2D eigenvalue weighted by Gasteiger charge is 2.50. The van der Waals surface area contributed by atoms with Crippen molar-refractivity contribution in [2.45, 2.75) is 49.7 Å². The van der Waals surface area contributed by atoms with E-state index >= 15 is 0 Å². The van der Waals surface area contributed by atoms with E-state index in [4.69, 9.17) is 4.84 Å². The van der Waals surface area contributed by atoms with Crippen LogP contribution in [0.25, 0.3) is 0 Å². The van der Waals surface area contributed by atoms with E-state index in [1.165, 1.54) is 0 Å². The normalized spacial score (nSPS) is 37.9. The van der Waals surface area contributed by atoms with Crippen LogP contribution < -0.4 is 0 Å². The highest BCUT2D eigenvalue weighted by Crippen LogP contribution is 2.37. The zero-order valence-electron chi connectivity index (χ0n) is 11.4. The van der Waals surface area contributed by atoms with Crippen LogP contribution in [0.1, 0.15) is 24.8 Å². The second kappa shape index (κ2) is 5.42. The van der Waals surface area contributed by atoms with E-state index < -0.39 is 18.3 Å². The molecule has 1 aliphatic carbocycles. The second-order valence-electron chi connectivity index (χ2n) is 5.84. The van der Waals surface area contributed by atoms with Crippen molar-refractivity contribution in [2.24, 2.45) is 0 Å². The van der Waals surface area contributed by atoms with E-state index in [-0.39, 0.29) is 12.1 Å². The Morgan fingerprint density at radius 1 is 1.30 bits per heavy atom. The van der Waals surface area contributed by atoms with E-state index in [1.807, 2.05) is 30.3 Å². The molecule has 2 bridgehead atoms. The molecular weight excluding hydrogens is 258 g/mol. The molecule has 0 radical (unpaired) electrons. The first-order valence-electron chi connectivity index (χ1n) is 7.11. The number of nitrogens with zero attached hydrogens (tertiary/aromatic N) is 1. The minimum atomic E-state index is -1.42. The maximum atomic E-state index is 10.4. The number of hydroxylamine groups is 2. The van der Waals surface area contributed by atoms with Gasteiger partial charge in [-0.15, -0.1) is 0 Å². The summed E-state index contributed by atoms with van der Waals surface area (Å²) in [6.45, 7) is 0.150. The fourth-order valence-electron chi connectivity index (χ4n) is 3.16. The van der Waals surface area contributed by atoms with Gasteiger partial charge in [0.05, 0.1) is 18.8 Å². The Balaban J connectivity index is 1.78.